The van der Waals surface area contributed by atoms with Gasteiger partial charge in [-0.15, -0.1) is 0 Å². The number of halogens is 2. The Morgan fingerprint density at radius 3 is 2.28 bits per heavy atom. The fourth-order valence-corrected chi connectivity index (χ4v) is 2.78. The van der Waals surface area contributed by atoms with Gasteiger partial charge in [0.05, 0.1) is 15.6 Å². The van der Waals surface area contributed by atoms with E-state index < -0.39 is 5.60 Å². The third kappa shape index (κ3) is 2.83. The number of hydrogen-bond acceptors (Lipinski definition) is 2. The molecule has 0 aliphatic carbocycles. The topological polar surface area (TPSA) is 23.5 Å². The van der Waals surface area contributed by atoms with Gasteiger partial charge in [0.2, 0.25) is 0 Å². The van der Waals surface area contributed by atoms with Crippen LogP contribution in [0.4, 0.5) is 0 Å². The van der Waals surface area contributed by atoms with E-state index >= 15 is 0 Å². The van der Waals surface area contributed by atoms with Gasteiger partial charge < -0.3 is 10.0 Å². The summed E-state index contributed by atoms with van der Waals surface area (Å²) in [6.45, 7) is 6.19. The number of aliphatic hydroxyl groups is 1. The predicted molar refractivity (Wildman–Crippen MR) is 76.3 cm³/mol. The number of rotatable bonds is 2. The first-order chi connectivity index (χ1) is 8.42. The second-order valence-electron chi connectivity index (χ2n) is 5.29. The lowest BCUT2D eigenvalue weighted by Crippen LogP contribution is -2.45. The zero-order chi connectivity index (χ0) is 13.3. The highest BCUT2D eigenvalue weighted by Crippen LogP contribution is 2.36. The molecule has 0 bridgehead atoms. The highest BCUT2D eigenvalue weighted by atomic mass is 35.5. The van der Waals surface area contributed by atoms with Crippen molar-refractivity contribution in [2.24, 2.45) is 0 Å². The monoisotopic (exact) mass is 287 g/mol. The SMILES string of the molecule is CC(C)N1CCC(O)(c2ccc(Cl)c(Cl)c2)CC1. The summed E-state index contributed by atoms with van der Waals surface area (Å²) in [6.07, 6.45) is 1.48. The van der Waals surface area contributed by atoms with E-state index in [1.807, 2.05) is 6.07 Å². The third-order valence-corrected chi connectivity index (χ3v) is 4.55. The molecule has 0 radical (unpaired) electrons. The van der Waals surface area contributed by atoms with E-state index in [0.29, 0.717) is 16.1 Å². The summed E-state index contributed by atoms with van der Waals surface area (Å²) in [5.41, 5.74) is 0.111. The summed E-state index contributed by atoms with van der Waals surface area (Å²) < 4.78 is 0. The second-order valence-corrected chi connectivity index (χ2v) is 6.10. The maximum atomic E-state index is 10.7. The molecule has 1 aliphatic rings. The smallest absolute Gasteiger partial charge is 0.0921 e. The molecule has 1 aliphatic heterocycles. The quantitative estimate of drug-likeness (QED) is 0.897. The van der Waals surface area contributed by atoms with Crippen molar-refractivity contribution in [1.29, 1.82) is 0 Å². The van der Waals surface area contributed by atoms with E-state index in [1.165, 1.54) is 0 Å². The van der Waals surface area contributed by atoms with Gasteiger partial charge in [-0.25, -0.2) is 0 Å². The molecule has 1 aromatic rings. The standard InChI is InChI=1S/C14H19Cl2NO/c1-10(2)17-7-5-14(18,6-8-17)11-3-4-12(15)13(16)9-11/h3-4,9-10,18H,5-8H2,1-2H3. The normalized spacial score (nSPS) is 20.3. The average molecular weight is 288 g/mol. The lowest BCUT2D eigenvalue weighted by molar-refractivity contribution is -0.0323. The van der Waals surface area contributed by atoms with Crippen LogP contribution in [-0.2, 0) is 5.60 Å². The van der Waals surface area contributed by atoms with E-state index in [2.05, 4.69) is 18.7 Å². The Morgan fingerprint density at radius 2 is 1.78 bits per heavy atom. The van der Waals surface area contributed by atoms with Gasteiger partial charge >= 0.3 is 0 Å². The van der Waals surface area contributed by atoms with Gasteiger partial charge in [0.1, 0.15) is 0 Å². The maximum absolute atomic E-state index is 10.7. The molecule has 2 rings (SSSR count). The van der Waals surface area contributed by atoms with Gasteiger partial charge in [-0.2, -0.15) is 0 Å². The minimum absolute atomic E-state index is 0.508. The molecule has 1 heterocycles. The van der Waals surface area contributed by atoms with Gasteiger partial charge in [0.15, 0.2) is 0 Å². The molecule has 1 aromatic carbocycles. The van der Waals surface area contributed by atoms with Gasteiger partial charge in [0.25, 0.3) is 0 Å². The molecule has 0 saturated carbocycles. The molecule has 0 unspecified atom stereocenters. The molecule has 4 heteroatoms. The van der Waals surface area contributed by atoms with Gasteiger partial charge in [-0.1, -0.05) is 29.3 Å². The van der Waals surface area contributed by atoms with Crippen molar-refractivity contribution >= 4 is 23.2 Å². The molecule has 1 N–H and O–H groups in total. The molecule has 2 nitrogen and oxygen atoms in total. The lowest BCUT2D eigenvalue weighted by Gasteiger charge is -2.40. The Bertz CT molecular complexity index is 426. The van der Waals surface area contributed by atoms with Gasteiger partial charge in [-0.3, -0.25) is 0 Å². The first-order valence-corrected chi connectivity index (χ1v) is 7.10. The lowest BCUT2D eigenvalue weighted by atomic mass is 9.84. The summed E-state index contributed by atoms with van der Waals surface area (Å²) in [4.78, 5) is 2.38. The maximum Gasteiger partial charge on any atom is 0.0921 e. The summed E-state index contributed by atoms with van der Waals surface area (Å²) in [6, 6.07) is 5.95. The summed E-state index contributed by atoms with van der Waals surface area (Å²) in [5, 5.41) is 11.8. The zero-order valence-corrected chi connectivity index (χ0v) is 12.3. The van der Waals surface area contributed by atoms with Crippen LogP contribution in [0.3, 0.4) is 0 Å². The van der Waals surface area contributed by atoms with Crippen LogP contribution < -0.4 is 0 Å². The van der Waals surface area contributed by atoms with Crippen molar-refractivity contribution < 1.29 is 5.11 Å². The molecule has 18 heavy (non-hydrogen) atoms. The van der Waals surface area contributed by atoms with Crippen molar-refractivity contribution in [2.45, 2.75) is 38.3 Å². The van der Waals surface area contributed by atoms with Gasteiger partial charge in [0, 0.05) is 19.1 Å². The minimum Gasteiger partial charge on any atom is -0.385 e. The molecule has 0 amide bonds. The Labute approximate surface area is 119 Å². The van der Waals surface area contributed by atoms with E-state index in [0.717, 1.165) is 31.5 Å². The fourth-order valence-electron chi connectivity index (χ4n) is 2.48. The van der Waals surface area contributed by atoms with Crippen molar-refractivity contribution in [3.05, 3.63) is 33.8 Å². The molecule has 1 fully saturated rings. The third-order valence-electron chi connectivity index (χ3n) is 3.81. The molecule has 0 spiro atoms. The highest BCUT2D eigenvalue weighted by molar-refractivity contribution is 6.42. The van der Waals surface area contributed by atoms with E-state index in [9.17, 15) is 5.11 Å². The van der Waals surface area contributed by atoms with Crippen LogP contribution in [-0.4, -0.2) is 29.1 Å². The molecule has 0 atom stereocenters. The molecule has 0 aromatic heterocycles. The molecular formula is C14H19Cl2NO. The molecular weight excluding hydrogens is 269 g/mol. The van der Waals surface area contributed by atoms with Crippen LogP contribution in [0, 0.1) is 0 Å². The van der Waals surface area contributed by atoms with Gasteiger partial charge in [-0.05, 0) is 44.4 Å². The average Bonchev–Trinajstić information content (AvgIpc) is 2.33. The summed E-state index contributed by atoms with van der Waals surface area (Å²) >= 11 is 11.9. The summed E-state index contributed by atoms with van der Waals surface area (Å²) in [5.74, 6) is 0. The number of hydrogen-bond donors (Lipinski definition) is 1. The van der Waals surface area contributed by atoms with Crippen LogP contribution in [0.25, 0.3) is 0 Å². The Kier molecular flexibility index (Phi) is 4.22. The Balaban J connectivity index is 2.15. The van der Waals surface area contributed by atoms with Crippen LogP contribution >= 0.6 is 23.2 Å². The number of likely N-dealkylation sites (tertiary alicyclic amines) is 1. The minimum atomic E-state index is -0.764. The zero-order valence-electron chi connectivity index (χ0n) is 10.8. The van der Waals surface area contributed by atoms with Crippen LogP contribution in [0.5, 0.6) is 0 Å². The van der Waals surface area contributed by atoms with Crippen molar-refractivity contribution in [3.63, 3.8) is 0 Å². The van der Waals surface area contributed by atoms with Crippen LogP contribution in [0.1, 0.15) is 32.3 Å². The predicted octanol–water partition coefficient (Wildman–Crippen LogP) is 3.69. The van der Waals surface area contributed by atoms with E-state index in [1.54, 1.807) is 12.1 Å². The number of benzene rings is 1. The largest absolute Gasteiger partial charge is 0.385 e. The first-order valence-electron chi connectivity index (χ1n) is 6.34. The van der Waals surface area contributed by atoms with Crippen molar-refractivity contribution in [1.82, 2.24) is 4.90 Å². The fraction of sp³-hybridized carbons (Fsp3) is 0.571. The first kappa shape index (κ1) is 14.1. The van der Waals surface area contributed by atoms with Crippen molar-refractivity contribution in [3.8, 4) is 0 Å². The van der Waals surface area contributed by atoms with Crippen LogP contribution in [0.15, 0.2) is 18.2 Å². The second kappa shape index (κ2) is 5.38. The van der Waals surface area contributed by atoms with Crippen LogP contribution in [0.2, 0.25) is 10.0 Å². The number of piperidine rings is 1. The Morgan fingerprint density at radius 1 is 1.17 bits per heavy atom. The highest BCUT2D eigenvalue weighted by Gasteiger charge is 2.34. The molecule has 100 valence electrons. The van der Waals surface area contributed by atoms with E-state index in [-0.39, 0.29) is 0 Å². The van der Waals surface area contributed by atoms with E-state index in [4.69, 9.17) is 23.2 Å². The number of nitrogens with zero attached hydrogens (tertiary/aromatic N) is 1. The summed E-state index contributed by atoms with van der Waals surface area (Å²) in [7, 11) is 0. The Hall–Kier alpha value is -0.280. The molecule has 1 saturated heterocycles. The van der Waals surface area contributed by atoms with Crippen molar-refractivity contribution in [2.75, 3.05) is 13.1 Å².